The van der Waals surface area contributed by atoms with Crippen LogP contribution in [0.2, 0.25) is 0 Å². The number of aromatic nitrogens is 3. The van der Waals surface area contributed by atoms with Crippen LogP contribution in [0.5, 0.6) is 0 Å². The van der Waals surface area contributed by atoms with E-state index in [4.69, 9.17) is 5.11 Å². The van der Waals surface area contributed by atoms with E-state index in [1.54, 1.807) is 12.4 Å². The van der Waals surface area contributed by atoms with Gasteiger partial charge in [0.1, 0.15) is 5.52 Å². The van der Waals surface area contributed by atoms with Crippen LogP contribution in [0.15, 0.2) is 67.0 Å². The maximum absolute atomic E-state index is 8.89. The van der Waals surface area contributed by atoms with E-state index in [0.29, 0.717) is 18.9 Å². The summed E-state index contributed by atoms with van der Waals surface area (Å²) in [6, 6.07) is 18.4. The van der Waals surface area contributed by atoms with Crippen molar-refractivity contribution in [1.82, 2.24) is 20.3 Å². The van der Waals surface area contributed by atoms with Crippen LogP contribution in [0.3, 0.4) is 0 Å². The fourth-order valence-electron chi connectivity index (χ4n) is 3.29. The molecule has 0 aliphatic carbocycles. The van der Waals surface area contributed by atoms with Crippen molar-refractivity contribution in [3.8, 4) is 11.1 Å². The predicted octanol–water partition coefficient (Wildman–Crippen LogP) is 3.83. The summed E-state index contributed by atoms with van der Waals surface area (Å²) in [7, 11) is 0. The summed E-state index contributed by atoms with van der Waals surface area (Å²) in [4.78, 5) is 13.7. The Morgan fingerprint density at radius 3 is 2.66 bits per heavy atom. The van der Waals surface area contributed by atoms with Gasteiger partial charge < -0.3 is 15.7 Å². The summed E-state index contributed by atoms with van der Waals surface area (Å²) in [6.07, 6.45) is 3.48. The minimum absolute atomic E-state index is 0.0976. The molecule has 2 heterocycles. The maximum atomic E-state index is 8.89. The van der Waals surface area contributed by atoms with Gasteiger partial charge in [-0.2, -0.15) is 0 Å². The molecule has 0 radical (unpaired) electrons. The molecule has 0 saturated heterocycles. The maximum Gasteiger partial charge on any atom is 0.158 e. The molecule has 146 valence electrons. The quantitative estimate of drug-likeness (QED) is 0.420. The van der Waals surface area contributed by atoms with E-state index in [2.05, 4.69) is 50.7 Å². The molecular formula is C23H23N5O. The van der Waals surface area contributed by atoms with E-state index in [0.717, 1.165) is 28.0 Å². The molecule has 0 aliphatic rings. The van der Waals surface area contributed by atoms with E-state index in [1.807, 2.05) is 36.4 Å². The number of nitrogens with zero attached hydrogens (tertiary/aromatic N) is 3. The number of fused-ring (bicyclic) bond motifs is 1. The fourth-order valence-corrected chi connectivity index (χ4v) is 3.29. The minimum Gasteiger partial charge on any atom is -0.395 e. The highest BCUT2D eigenvalue weighted by Gasteiger charge is 2.10. The summed E-state index contributed by atoms with van der Waals surface area (Å²) >= 11 is 0. The normalized spacial score (nSPS) is 11.0. The largest absolute Gasteiger partial charge is 0.395 e. The number of rotatable bonds is 7. The van der Waals surface area contributed by atoms with Crippen LogP contribution in [0.1, 0.15) is 11.3 Å². The Labute approximate surface area is 169 Å². The number of benzene rings is 2. The van der Waals surface area contributed by atoms with Crippen LogP contribution in [-0.4, -0.2) is 33.2 Å². The molecule has 2 aromatic carbocycles. The summed E-state index contributed by atoms with van der Waals surface area (Å²) < 4.78 is 0. The van der Waals surface area contributed by atoms with E-state index in [9.17, 15) is 0 Å². The van der Waals surface area contributed by atoms with Crippen molar-refractivity contribution >= 4 is 22.5 Å². The first-order valence-electron chi connectivity index (χ1n) is 9.60. The second-order valence-electron chi connectivity index (χ2n) is 6.76. The van der Waals surface area contributed by atoms with Crippen LogP contribution >= 0.6 is 0 Å². The lowest BCUT2D eigenvalue weighted by Crippen LogP contribution is -2.18. The number of anilines is 2. The first-order valence-corrected chi connectivity index (χ1v) is 9.60. The Morgan fingerprint density at radius 1 is 0.966 bits per heavy atom. The number of nitrogens with one attached hydrogen (secondary N) is 2. The molecule has 29 heavy (non-hydrogen) atoms. The Hall–Kier alpha value is -3.35. The molecule has 2 aromatic heterocycles. The Kier molecular flexibility index (Phi) is 5.74. The summed E-state index contributed by atoms with van der Waals surface area (Å²) in [5.74, 6) is 0.679. The van der Waals surface area contributed by atoms with Gasteiger partial charge in [0, 0.05) is 25.0 Å². The van der Waals surface area contributed by atoms with Gasteiger partial charge in [0.2, 0.25) is 0 Å². The van der Waals surface area contributed by atoms with Crippen molar-refractivity contribution in [2.45, 2.75) is 13.5 Å². The third-order valence-electron chi connectivity index (χ3n) is 4.78. The summed E-state index contributed by atoms with van der Waals surface area (Å²) in [5, 5.41) is 15.4. The van der Waals surface area contributed by atoms with E-state index >= 15 is 0 Å². The number of pyridine rings is 1. The summed E-state index contributed by atoms with van der Waals surface area (Å²) in [6.45, 7) is 3.29. The first kappa shape index (κ1) is 19.0. The van der Waals surface area contributed by atoms with Gasteiger partial charge in [0.25, 0.3) is 0 Å². The van der Waals surface area contributed by atoms with Gasteiger partial charge in [-0.25, -0.2) is 15.0 Å². The Bertz CT molecular complexity index is 1110. The molecule has 0 aliphatic heterocycles. The monoisotopic (exact) mass is 385 g/mol. The third kappa shape index (κ3) is 4.23. The van der Waals surface area contributed by atoms with Gasteiger partial charge in [-0.05, 0) is 35.7 Å². The molecule has 0 atom stereocenters. The summed E-state index contributed by atoms with van der Waals surface area (Å²) in [5.41, 5.74) is 6.83. The van der Waals surface area contributed by atoms with Gasteiger partial charge in [-0.3, -0.25) is 0 Å². The van der Waals surface area contributed by atoms with E-state index in [-0.39, 0.29) is 6.61 Å². The second kappa shape index (κ2) is 8.77. The molecular weight excluding hydrogens is 362 g/mol. The van der Waals surface area contributed by atoms with E-state index in [1.165, 1.54) is 11.1 Å². The highest BCUT2D eigenvalue weighted by Crippen LogP contribution is 2.31. The molecule has 0 unspecified atom stereocenters. The SMILES string of the molecule is Cc1c(Nc2nccc3nc(CNCCO)cnc23)cccc1-c1ccccc1. The lowest BCUT2D eigenvalue weighted by molar-refractivity contribution is 0.291. The third-order valence-corrected chi connectivity index (χ3v) is 4.78. The lowest BCUT2D eigenvalue weighted by atomic mass is 9.99. The molecule has 3 N–H and O–H groups in total. The van der Waals surface area contributed by atoms with Crippen LogP contribution in [-0.2, 0) is 6.54 Å². The number of aliphatic hydroxyl groups is 1. The van der Waals surface area contributed by atoms with Gasteiger partial charge in [0.05, 0.1) is 24.0 Å². The Balaban J connectivity index is 1.64. The molecule has 4 rings (SSSR count). The molecule has 6 heteroatoms. The average molecular weight is 385 g/mol. The fraction of sp³-hybridized carbons (Fsp3) is 0.174. The zero-order chi connectivity index (χ0) is 20.1. The van der Waals surface area contributed by atoms with Gasteiger partial charge in [-0.15, -0.1) is 0 Å². The van der Waals surface area contributed by atoms with Gasteiger partial charge in [0.15, 0.2) is 5.82 Å². The van der Waals surface area contributed by atoms with Crippen molar-refractivity contribution < 1.29 is 5.11 Å². The van der Waals surface area contributed by atoms with Crippen LogP contribution in [0.25, 0.3) is 22.2 Å². The number of aliphatic hydroxyl groups excluding tert-OH is 1. The van der Waals surface area contributed by atoms with Crippen molar-refractivity contribution in [1.29, 1.82) is 0 Å². The average Bonchev–Trinajstić information content (AvgIpc) is 2.76. The van der Waals surface area contributed by atoms with Crippen molar-refractivity contribution in [2.24, 2.45) is 0 Å². The van der Waals surface area contributed by atoms with Crippen LogP contribution < -0.4 is 10.6 Å². The predicted molar refractivity (Wildman–Crippen MR) is 116 cm³/mol. The van der Waals surface area contributed by atoms with Crippen molar-refractivity contribution in [3.05, 3.63) is 78.2 Å². The zero-order valence-corrected chi connectivity index (χ0v) is 16.3. The molecule has 6 nitrogen and oxygen atoms in total. The van der Waals surface area contributed by atoms with Gasteiger partial charge >= 0.3 is 0 Å². The molecule has 0 fully saturated rings. The lowest BCUT2D eigenvalue weighted by Gasteiger charge is -2.14. The standard InChI is InChI=1S/C23H23N5O/c1-16-19(17-6-3-2-4-7-17)8-5-9-20(16)28-23-22-21(10-11-25-23)27-18(15-26-22)14-24-12-13-29/h2-11,15,24,29H,12-14H2,1H3,(H,25,28). The molecule has 0 bridgehead atoms. The second-order valence-corrected chi connectivity index (χ2v) is 6.76. The minimum atomic E-state index is 0.0976. The van der Waals surface area contributed by atoms with Crippen molar-refractivity contribution in [2.75, 3.05) is 18.5 Å². The topological polar surface area (TPSA) is 83.0 Å². The number of hydrogen-bond acceptors (Lipinski definition) is 6. The zero-order valence-electron chi connectivity index (χ0n) is 16.3. The highest BCUT2D eigenvalue weighted by atomic mass is 16.3. The van der Waals surface area contributed by atoms with Gasteiger partial charge in [-0.1, -0.05) is 42.5 Å². The first-order chi connectivity index (χ1) is 14.3. The van der Waals surface area contributed by atoms with Crippen LogP contribution in [0, 0.1) is 6.92 Å². The Morgan fingerprint density at radius 2 is 1.83 bits per heavy atom. The van der Waals surface area contributed by atoms with Crippen LogP contribution in [0.4, 0.5) is 11.5 Å². The number of hydrogen-bond donors (Lipinski definition) is 3. The van der Waals surface area contributed by atoms with Crippen molar-refractivity contribution in [3.63, 3.8) is 0 Å². The molecule has 0 spiro atoms. The molecule has 4 aromatic rings. The smallest absolute Gasteiger partial charge is 0.158 e. The van der Waals surface area contributed by atoms with E-state index < -0.39 is 0 Å². The highest BCUT2D eigenvalue weighted by molar-refractivity contribution is 5.88. The molecule has 0 saturated carbocycles. The molecule has 0 amide bonds.